The summed E-state index contributed by atoms with van der Waals surface area (Å²) in [4.78, 5) is 0. The summed E-state index contributed by atoms with van der Waals surface area (Å²) in [5.74, 6) is 0. The molecule has 0 aromatic carbocycles. The molecule has 0 aliphatic rings. The molecule has 0 aromatic heterocycles. The molecule has 0 N–H and O–H groups in total. The van der Waals surface area contributed by atoms with E-state index >= 15 is 0 Å². The van der Waals surface area contributed by atoms with Gasteiger partial charge in [0, 0.05) is 13.2 Å². The van der Waals surface area contributed by atoms with Crippen molar-refractivity contribution in [2.75, 3.05) is 13.2 Å². The van der Waals surface area contributed by atoms with Crippen molar-refractivity contribution >= 4 is 9.28 Å². The lowest BCUT2D eigenvalue weighted by molar-refractivity contribution is 0.212. The Bertz CT molecular complexity index is 98.1. The van der Waals surface area contributed by atoms with E-state index in [4.69, 9.17) is 8.85 Å². The van der Waals surface area contributed by atoms with E-state index in [2.05, 4.69) is 6.92 Å². The zero-order valence-electron chi connectivity index (χ0n) is 9.75. The van der Waals surface area contributed by atoms with Crippen molar-refractivity contribution in [3.05, 3.63) is 0 Å². The molecule has 0 unspecified atom stereocenters. The Labute approximate surface area is 89.2 Å². The van der Waals surface area contributed by atoms with Crippen LogP contribution in [0.5, 0.6) is 0 Å². The van der Waals surface area contributed by atoms with Gasteiger partial charge in [0.05, 0.1) is 0 Å². The number of unbranched alkanes of at least 4 members (excludes halogenated alkanes) is 3. The van der Waals surface area contributed by atoms with Crippen LogP contribution in [0.2, 0.25) is 6.04 Å². The molecule has 0 saturated carbocycles. The number of hydrogen-bond donors (Lipinski definition) is 0. The lowest BCUT2D eigenvalue weighted by atomic mass is 10.2. The van der Waals surface area contributed by atoms with Crippen molar-refractivity contribution in [1.29, 1.82) is 0 Å². The summed E-state index contributed by atoms with van der Waals surface area (Å²) in [6, 6.07) is 1.18. The van der Waals surface area contributed by atoms with E-state index in [1.165, 1.54) is 31.7 Å². The van der Waals surface area contributed by atoms with E-state index < -0.39 is 9.28 Å². The quantitative estimate of drug-likeness (QED) is 0.443. The molecule has 2 nitrogen and oxygen atoms in total. The summed E-state index contributed by atoms with van der Waals surface area (Å²) in [5, 5.41) is 0. The smallest absolute Gasteiger partial charge is 0.321 e. The van der Waals surface area contributed by atoms with Crippen molar-refractivity contribution in [2.45, 2.75) is 52.5 Å². The highest BCUT2D eigenvalue weighted by molar-refractivity contribution is 6.44. The number of hydrogen-bond acceptors (Lipinski definition) is 2. The molecule has 0 radical (unpaired) electrons. The molecule has 88 valence electrons. The molecule has 4 heteroatoms. The fourth-order valence-electron chi connectivity index (χ4n) is 1.32. The van der Waals surface area contributed by atoms with Crippen LogP contribution in [0.4, 0.5) is 4.70 Å². The van der Waals surface area contributed by atoms with Gasteiger partial charge in [-0.1, -0.05) is 32.6 Å². The van der Waals surface area contributed by atoms with Crippen molar-refractivity contribution in [1.82, 2.24) is 0 Å². The predicted octanol–water partition coefficient (Wildman–Crippen LogP) is 3.01. The molecule has 0 aromatic rings. The molecule has 0 saturated heterocycles. The van der Waals surface area contributed by atoms with Gasteiger partial charge in [-0.05, 0) is 19.9 Å². The average Bonchev–Trinajstić information content (AvgIpc) is 2.13. The minimum atomic E-state index is -1.28. The third-order valence-corrected chi connectivity index (χ3v) is 4.29. The summed E-state index contributed by atoms with van der Waals surface area (Å²) in [7, 11) is -1.28. The van der Waals surface area contributed by atoms with Gasteiger partial charge in [0.2, 0.25) is 0 Å². The summed E-state index contributed by atoms with van der Waals surface area (Å²) < 4.78 is 11.2. The standard InChI is InChI=1S/C10H24O2Si.FH/c1-4-7-8-9-10-13(11-5-2)12-6-3;/h13H,4-10H2,1-3H3;1H. The monoisotopic (exact) mass is 224 g/mol. The maximum atomic E-state index is 5.58. The summed E-state index contributed by atoms with van der Waals surface area (Å²) in [6.45, 7) is 7.95. The van der Waals surface area contributed by atoms with Gasteiger partial charge in [-0.15, -0.1) is 0 Å². The molecule has 0 bridgehead atoms. The van der Waals surface area contributed by atoms with Gasteiger partial charge in [0.25, 0.3) is 0 Å². The molecule has 0 amide bonds. The van der Waals surface area contributed by atoms with Gasteiger partial charge in [-0.3, -0.25) is 4.70 Å². The highest BCUT2D eigenvalue weighted by Gasteiger charge is 2.10. The minimum absolute atomic E-state index is 0. The second kappa shape index (κ2) is 13.1. The van der Waals surface area contributed by atoms with Gasteiger partial charge in [-0.25, -0.2) is 0 Å². The fraction of sp³-hybridized carbons (Fsp3) is 1.00. The molecule has 0 heterocycles. The van der Waals surface area contributed by atoms with Crippen molar-refractivity contribution in [3.63, 3.8) is 0 Å². The molecule has 0 fully saturated rings. The van der Waals surface area contributed by atoms with Crippen LogP contribution in [0.1, 0.15) is 46.5 Å². The van der Waals surface area contributed by atoms with E-state index in [-0.39, 0.29) is 4.70 Å². The largest absolute Gasteiger partial charge is 0.397 e. The molecule has 14 heavy (non-hydrogen) atoms. The van der Waals surface area contributed by atoms with Gasteiger partial charge in [-0.2, -0.15) is 0 Å². The van der Waals surface area contributed by atoms with Crippen LogP contribution in [0, 0.1) is 0 Å². The highest BCUT2D eigenvalue weighted by Crippen LogP contribution is 2.07. The van der Waals surface area contributed by atoms with E-state index in [9.17, 15) is 0 Å². The highest BCUT2D eigenvalue weighted by atomic mass is 28.3. The van der Waals surface area contributed by atoms with Gasteiger partial charge < -0.3 is 8.85 Å². The van der Waals surface area contributed by atoms with Gasteiger partial charge in [0.15, 0.2) is 0 Å². The third kappa shape index (κ3) is 10.1. The maximum Gasteiger partial charge on any atom is 0.321 e. The predicted molar refractivity (Wildman–Crippen MR) is 61.9 cm³/mol. The number of rotatable bonds is 9. The maximum absolute atomic E-state index is 5.58. The van der Waals surface area contributed by atoms with Crippen LogP contribution >= 0.6 is 0 Å². The van der Waals surface area contributed by atoms with Crippen LogP contribution in [-0.4, -0.2) is 22.5 Å². The Morgan fingerprint density at radius 3 is 1.86 bits per heavy atom. The SMILES string of the molecule is CCCCCC[SiH](OCC)OCC.F. The van der Waals surface area contributed by atoms with E-state index in [0.29, 0.717) is 0 Å². The first-order valence-corrected chi connectivity index (χ1v) is 7.34. The molecule has 0 rings (SSSR count). The Hall–Kier alpha value is 0.0669. The molecule has 0 atom stereocenters. The fourth-order valence-corrected chi connectivity index (χ4v) is 3.12. The summed E-state index contributed by atoms with van der Waals surface area (Å²) in [5.41, 5.74) is 0. The van der Waals surface area contributed by atoms with Gasteiger partial charge in [0.1, 0.15) is 0 Å². The second-order valence-corrected chi connectivity index (χ2v) is 5.29. The molecular formula is C10H25FO2Si. The first kappa shape index (κ1) is 16.5. The molecule has 0 aliphatic carbocycles. The zero-order valence-corrected chi connectivity index (χ0v) is 10.9. The first-order valence-electron chi connectivity index (χ1n) is 5.58. The molecule has 0 spiro atoms. The lowest BCUT2D eigenvalue weighted by Gasteiger charge is -2.14. The van der Waals surface area contributed by atoms with Crippen LogP contribution < -0.4 is 0 Å². The Morgan fingerprint density at radius 1 is 0.857 bits per heavy atom. The molecule has 0 aliphatic heterocycles. The molecular weight excluding hydrogens is 199 g/mol. The van der Waals surface area contributed by atoms with Crippen molar-refractivity contribution in [2.24, 2.45) is 0 Å². The Morgan fingerprint density at radius 2 is 1.43 bits per heavy atom. The van der Waals surface area contributed by atoms with Crippen molar-refractivity contribution < 1.29 is 13.6 Å². The topological polar surface area (TPSA) is 18.5 Å². The van der Waals surface area contributed by atoms with Crippen LogP contribution in [0.25, 0.3) is 0 Å². The Balaban J connectivity index is 0. The zero-order chi connectivity index (χ0) is 9.94. The van der Waals surface area contributed by atoms with Crippen LogP contribution in [-0.2, 0) is 8.85 Å². The normalized spacial score (nSPS) is 10.3. The number of halogens is 1. The van der Waals surface area contributed by atoms with Crippen LogP contribution in [0.15, 0.2) is 0 Å². The van der Waals surface area contributed by atoms with E-state index in [1.54, 1.807) is 0 Å². The summed E-state index contributed by atoms with van der Waals surface area (Å²) >= 11 is 0. The van der Waals surface area contributed by atoms with Gasteiger partial charge >= 0.3 is 9.28 Å². The Kier molecular flexibility index (Phi) is 15.4. The lowest BCUT2D eigenvalue weighted by Crippen LogP contribution is -2.22. The van der Waals surface area contributed by atoms with Crippen molar-refractivity contribution in [3.8, 4) is 0 Å². The van der Waals surface area contributed by atoms with E-state index in [1.807, 2.05) is 13.8 Å². The minimum Gasteiger partial charge on any atom is -0.397 e. The third-order valence-electron chi connectivity index (χ3n) is 2.00. The van der Waals surface area contributed by atoms with Crippen LogP contribution in [0.3, 0.4) is 0 Å². The second-order valence-electron chi connectivity index (χ2n) is 3.19. The first-order chi connectivity index (χ1) is 6.35. The van der Waals surface area contributed by atoms with E-state index in [0.717, 1.165) is 13.2 Å². The average molecular weight is 224 g/mol. The summed E-state index contributed by atoms with van der Waals surface area (Å²) in [6.07, 6.45) is 5.26.